The fourth-order valence-corrected chi connectivity index (χ4v) is 9.72. The van der Waals surface area contributed by atoms with Gasteiger partial charge >= 0.3 is 0 Å². The fourth-order valence-electron chi connectivity index (χ4n) is 9.72. The highest BCUT2D eigenvalue weighted by Gasteiger charge is 2.53. The van der Waals surface area contributed by atoms with Crippen molar-refractivity contribution in [3.63, 3.8) is 0 Å². The van der Waals surface area contributed by atoms with Crippen molar-refractivity contribution in [3.05, 3.63) is 120 Å². The highest BCUT2D eigenvalue weighted by atomic mass is 16.2. The standard InChI is InChI=1S/C50H56N16O4/c1-30(2)19-55-41(67)29-66-28-38(25-61-66)44(70)63-46(52)50(40-10-6-32(7-11-40)36-22-58-48(54)59-23-36)17-34(18-50)33-16-42(68)64(26-33)14-15-65-27-37(24-60-65)43(69)62-45(51)49(12-3-13-49)39-8-4-31(5-9-39)35-20-56-47(53)57-21-35/h4-11,20-25,27-28,30,33-34H,3,12-19,26,29H2,1-2H3,(H,55,67)(H2,51,62,69)(H2,52,63,70)(H2,53,56,57)(H2,54,58,59). The van der Waals surface area contributed by atoms with E-state index in [1.807, 2.05) is 67.3 Å². The zero-order valence-corrected chi connectivity index (χ0v) is 39.1. The van der Waals surface area contributed by atoms with E-state index in [0.717, 1.165) is 52.6 Å². The third kappa shape index (κ3) is 9.74. The molecule has 1 unspecified atom stereocenters. The van der Waals surface area contributed by atoms with E-state index in [4.69, 9.17) is 22.9 Å². The van der Waals surface area contributed by atoms with Gasteiger partial charge in [0.2, 0.25) is 23.7 Å². The van der Waals surface area contributed by atoms with Crippen LogP contribution in [0.2, 0.25) is 0 Å². The van der Waals surface area contributed by atoms with Gasteiger partial charge in [0.15, 0.2) is 0 Å². The van der Waals surface area contributed by atoms with Crippen LogP contribution in [0.1, 0.15) is 84.2 Å². The molecule has 20 heteroatoms. The van der Waals surface area contributed by atoms with E-state index in [1.165, 1.54) is 23.3 Å². The number of amidine groups is 2. The summed E-state index contributed by atoms with van der Waals surface area (Å²) >= 11 is 0. The number of nitrogen functional groups attached to an aromatic ring is 2. The Labute approximate surface area is 404 Å². The molecule has 5 heterocycles. The molecule has 1 saturated heterocycles. The number of rotatable bonds is 16. The normalized spacial score (nSPS) is 20.0. The molecule has 0 spiro atoms. The van der Waals surface area contributed by atoms with E-state index in [-0.39, 0.29) is 59.3 Å². The number of anilines is 2. The Morgan fingerprint density at radius 2 is 1.19 bits per heavy atom. The number of carbonyl (C=O) groups is 4. The van der Waals surface area contributed by atoms with Crippen LogP contribution in [0.5, 0.6) is 0 Å². The van der Waals surface area contributed by atoms with Crippen LogP contribution in [0.4, 0.5) is 11.9 Å². The van der Waals surface area contributed by atoms with E-state index >= 15 is 0 Å². The summed E-state index contributed by atoms with van der Waals surface area (Å²) < 4.78 is 3.04. The Bertz CT molecular complexity index is 2950. The molecule has 2 aliphatic carbocycles. The Hall–Kier alpha value is -8.16. The molecular formula is C50H56N16O4. The maximum Gasteiger partial charge on any atom is 0.281 e. The Morgan fingerprint density at radius 1 is 0.686 bits per heavy atom. The van der Waals surface area contributed by atoms with Gasteiger partial charge in [0.1, 0.15) is 18.2 Å². The molecule has 2 saturated carbocycles. The van der Waals surface area contributed by atoms with Crippen molar-refractivity contribution in [1.82, 2.24) is 49.7 Å². The molecule has 2 aromatic carbocycles. The lowest BCUT2D eigenvalue weighted by molar-refractivity contribution is -0.128. The van der Waals surface area contributed by atoms with Crippen molar-refractivity contribution in [3.8, 4) is 22.3 Å². The number of nitrogens with two attached hydrogens (primary N) is 4. The van der Waals surface area contributed by atoms with Crippen molar-refractivity contribution >= 4 is 47.2 Å². The molecule has 0 bridgehead atoms. The van der Waals surface area contributed by atoms with E-state index in [9.17, 15) is 19.2 Å². The van der Waals surface area contributed by atoms with Crippen LogP contribution in [0.3, 0.4) is 0 Å². The minimum Gasteiger partial charge on any atom is -0.386 e. The molecule has 360 valence electrons. The number of aromatic nitrogens is 8. The van der Waals surface area contributed by atoms with Crippen LogP contribution in [-0.2, 0) is 33.5 Å². The Morgan fingerprint density at radius 3 is 1.70 bits per heavy atom. The SMILES string of the molecule is CC(C)CNC(=O)Cn1cc(C(=O)N=C(N)C2(c3ccc(-c4cnc(N)nc4)cc3)CC(C3CC(=O)N(CCn4cc(C(=O)N=C(N)C5(c6ccc(-c7cnc(N)nc7)cc6)CCC5)cn4)C3)C2)cn1. The monoisotopic (exact) mass is 944 g/mol. The third-order valence-electron chi connectivity index (χ3n) is 14.0. The number of hydrogen-bond acceptors (Lipinski definition) is 12. The number of amides is 4. The van der Waals surface area contributed by atoms with Gasteiger partial charge in [-0.1, -0.05) is 68.8 Å². The maximum atomic E-state index is 13.6. The number of benzene rings is 2. The fraction of sp³-hybridized carbons (Fsp3) is 0.360. The molecule has 70 heavy (non-hydrogen) atoms. The molecule has 6 aromatic rings. The second-order valence-corrected chi connectivity index (χ2v) is 19.0. The molecule has 3 aliphatic rings. The number of carbonyl (C=O) groups excluding carboxylic acids is 4. The maximum absolute atomic E-state index is 13.6. The number of likely N-dealkylation sites (tertiary alicyclic amines) is 1. The lowest BCUT2D eigenvalue weighted by Crippen LogP contribution is -2.53. The number of aliphatic imine (C=N–C) groups is 2. The lowest BCUT2D eigenvalue weighted by atomic mass is 9.54. The minimum absolute atomic E-state index is 0.0331. The molecule has 4 amide bonds. The molecular weight excluding hydrogens is 889 g/mol. The first kappa shape index (κ1) is 46.9. The zero-order valence-electron chi connectivity index (χ0n) is 39.1. The van der Waals surface area contributed by atoms with Gasteiger partial charge in [-0.05, 0) is 65.7 Å². The summed E-state index contributed by atoms with van der Waals surface area (Å²) in [6.45, 7) is 5.82. The summed E-state index contributed by atoms with van der Waals surface area (Å²) in [4.78, 5) is 80.0. The number of nitrogens with zero attached hydrogens (tertiary/aromatic N) is 11. The summed E-state index contributed by atoms with van der Waals surface area (Å²) in [5, 5.41) is 11.5. The minimum atomic E-state index is -0.777. The Kier molecular flexibility index (Phi) is 13.0. The topological polar surface area (TPSA) is 300 Å². The van der Waals surface area contributed by atoms with Crippen LogP contribution < -0.4 is 28.3 Å². The average molecular weight is 945 g/mol. The summed E-state index contributed by atoms with van der Waals surface area (Å²) in [7, 11) is 0. The van der Waals surface area contributed by atoms with Crippen molar-refractivity contribution in [2.75, 3.05) is 31.1 Å². The van der Waals surface area contributed by atoms with Crippen LogP contribution in [0, 0.1) is 17.8 Å². The van der Waals surface area contributed by atoms with Gasteiger partial charge in [-0.3, -0.25) is 28.5 Å². The molecule has 4 aromatic heterocycles. The molecule has 3 fully saturated rings. The molecule has 0 radical (unpaired) electrons. The van der Waals surface area contributed by atoms with Gasteiger partial charge in [0, 0.05) is 74.4 Å². The highest BCUT2D eigenvalue weighted by molar-refractivity contribution is 6.07. The van der Waals surface area contributed by atoms with Crippen molar-refractivity contribution in [2.45, 2.75) is 76.3 Å². The highest BCUT2D eigenvalue weighted by Crippen LogP contribution is 2.53. The van der Waals surface area contributed by atoms with Crippen molar-refractivity contribution in [2.24, 2.45) is 39.2 Å². The predicted molar refractivity (Wildman–Crippen MR) is 263 cm³/mol. The van der Waals surface area contributed by atoms with E-state index in [0.29, 0.717) is 56.9 Å². The average Bonchev–Trinajstić information content (AvgIpc) is 4.09. The van der Waals surface area contributed by atoms with E-state index in [1.54, 1.807) is 35.7 Å². The first-order valence-electron chi connectivity index (χ1n) is 23.4. The first-order valence-corrected chi connectivity index (χ1v) is 23.4. The van der Waals surface area contributed by atoms with E-state index in [2.05, 4.69) is 45.4 Å². The van der Waals surface area contributed by atoms with Gasteiger partial charge in [0.25, 0.3) is 11.8 Å². The summed E-state index contributed by atoms with van der Waals surface area (Å²) in [6.07, 6.45) is 16.7. The number of hydrogen-bond donors (Lipinski definition) is 5. The molecule has 9 rings (SSSR count). The first-order chi connectivity index (χ1) is 33.7. The second kappa shape index (κ2) is 19.4. The molecule has 9 N–H and O–H groups in total. The molecule has 1 aliphatic heterocycles. The van der Waals surface area contributed by atoms with Crippen LogP contribution >= 0.6 is 0 Å². The van der Waals surface area contributed by atoms with Crippen molar-refractivity contribution < 1.29 is 19.2 Å². The zero-order chi connectivity index (χ0) is 49.2. The van der Waals surface area contributed by atoms with Gasteiger partial charge in [-0.2, -0.15) is 20.2 Å². The molecule has 20 nitrogen and oxygen atoms in total. The smallest absolute Gasteiger partial charge is 0.281 e. The van der Waals surface area contributed by atoms with Gasteiger partial charge in [0.05, 0.1) is 40.9 Å². The van der Waals surface area contributed by atoms with Gasteiger partial charge in [-0.15, -0.1) is 0 Å². The van der Waals surface area contributed by atoms with E-state index < -0.39 is 22.6 Å². The van der Waals surface area contributed by atoms with Crippen molar-refractivity contribution in [1.29, 1.82) is 0 Å². The number of nitrogens with one attached hydrogen (secondary N) is 1. The van der Waals surface area contributed by atoms with Gasteiger partial charge in [-0.25, -0.2) is 19.9 Å². The van der Waals surface area contributed by atoms with Gasteiger partial charge < -0.3 is 33.2 Å². The van der Waals surface area contributed by atoms with Crippen LogP contribution in [0.25, 0.3) is 22.3 Å². The quantitative estimate of drug-likeness (QED) is 0.0679. The van der Waals surface area contributed by atoms with Crippen LogP contribution in [0.15, 0.2) is 108 Å². The summed E-state index contributed by atoms with van der Waals surface area (Å²) in [5.41, 5.74) is 29.3. The summed E-state index contributed by atoms with van der Waals surface area (Å²) in [6, 6.07) is 15.8. The largest absolute Gasteiger partial charge is 0.386 e. The lowest BCUT2D eigenvalue weighted by Gasteiger charge is -2.50. The van der Waals surface area contributed by atoms with Crippen LogP contribution in [-0.4, -0.2) is 99.3 Å². The second-order valence-electron chi connectivity index (χ2n) is 19.0. The molecule has 1 atom stereocenters. The summed E-state index contributed by atoms with van der Waals surface area (Å²) in [5.74, 6) is 0.0457. The third-order valence-corrected chi connectivity index (χ3v) is 14.0. The predicted octanol–water partition coefficient (Wildman–Crippen LogP) is 3.94. The Balaban J connectivity index is 0.839.